The van der Waals surface area contributed by atoms with Gasteiger partial charge in [0.2, 0.25) is 5.82 Å². The van der Waals surface area contributed by atoms with Gasteiger partial charge in [0, 0.05) is 12.5 Å². The molecule has 0 atom stereocenters. The average Bonchev–Trinajstić information content (AvgIpc) is 2.16. The van der Waals surface area contributed by atoms with Gasteiger partial charge in [-0.25, -0.2) is 8.78 Å². The van der Waals surface area contributed by atoms with Crippen LogP contribution in [-0.4, -0.2) is 17.4 Å². The summed E-state index contributed by atoms with van der Waals surface area (Å²) in [5.41, 5.74) is 4.05. The number of hydrogen-bond donors (Lipinski definition) is 1. The lowest BCUT2D eigenvalue weighted by atomic mass is 10.1. The molecule has 0 saturated carbocycles. The number of nitrogens with two attached hydrogens (primary N) is 1. The van der Waals surface area contributed by atoms with Crippen LogP contribution in [0.15, 0.2) is 18.2 Å². The van der Waals surface area contributed by atoms with Crippen LogP contribution in [0.1, 0.15) is 5.56 Å². The molecule has 4 nitrogen and oxygen atoms in total. The highest BCUT2D eigenvalue weighted by Gasteiger charge is 2.28. The van der Waals surface area contributed by atoms with Crippen LogP contribution in [0.5, 0.6) is 0 Å². The van der Waals surface area contributed by atoms with E-state index >= 15 is 0 Å². The molecule has 0 aliphatic rings. The summed E-state index contributed by atoms with van der Waals surface area (Å²) in [6, 6.07) is 2.67. The van der Waals surface area contributed by atoms with Crippen molar-refractivity contribution in [3.05, 3.63) is 39.7 Å². The molecule has 0 aliphatic carbocycles. The van der Waals surface area contributed by atoms with Crippen molar-refractivity contribution in [1.29, 1.82) is 0 Å². The molecule has 0 unspecified atom stereocenters. The van der Waals surface area contributed by atoms with Crippen molar-refractivity contribution >= 4 is 5.69 Å². The fourth-order valence-electron chi connectivity index (χ4n) is 1.18. The third-order valence-corrected chi connectivity index (χ3v) is 1.97. The molecule has 0 saturated heterocycles. The number of hydrogen-bond acceptors (Lipinski definition) is 3. The summed E-state index contributed by atoms with van der Waals surface area (Å²) in [4.78, 5) is 9.36. The van der Waals surface area contributed by atoms with E-state index in [2.05, 4.69) is 0 Å². The summed E-state index contributed by atoms with van der Waals surface area (Å²) >= 11 is 0. The molecule has 0 spiro atoms. The number of alkyl halides is 2. The van der Waals surface area contributed by atoms with Crippen LogP contribution in [-0.2, 0) is 6.42 Å². The molecule has 88 valence electrons. The normalized spacial score (nSPS) is 11.5. The zero-order valence-electron chi connectivity index (χ0n) is 8.12. The van der Waals surface area contributed by atoms with Crippen molar-refractivity contribution in [2.45, 2.75) is 12.3 Å². The van der Waals surface area contributed by atoms with E-state index in [1.54, 1.807) is 0 Å². The van der Waals surface area contributed by atoms with Gasteiger partial charge in [0.05, 0.1) is 11.5 Å². The fourth-order valence-corrected chi connectivity index (χ4v) is 1.18. The van der Waals surface area contributed by atoms with E-state index in [9.17, 15) is 23.3 Å². The van der Waals surface area contributed by atoms with Gasteiger partial charge >= 0.3 is 5.69 Å². The van der Waals surface area contributed by atoms with Crippen LogP contribution < -0.4 is 5.73 Å². The fraction of sp³-hybridized carbons (Fsp3) is 0.333. The maximum absolute atomic E-state index is 13.1. The van der Waals surface area contributed by atoms with Crippen LogP contribution in [0.2, 0.25) is 0 Å². The first-order valence-corrected chi connectivity index (χ1v) is 4.36. The molecule has 1 aromatic rings. The highest BCUT2D eigenvalue weighted by molar-refractivity contribution is 5.35. The highest BCUT2D eigenvalue weighted by Crippen LogP contribution is 2.23. The Morgan fingerprint density at radius 1 is 1.44 bits per heavy atom. The van der Waals surface area contributed by atoms with Crippen LogP contribution in [0, 0.1) is 15.9 Å². The predicted octanol–water partition coefficient (Wildman–Crippen LogP) is 1.87. The zero-order valence-corrected chi connectivity index (χ0v) is 8.12. The molecular formula is C9H9F3N2O2. The Bertz CT molecular complexity index is 410. The Morgan fingerprint density at radius 2 is 2.06 bits per heavy atom. The number of nitro groups is 1. The summed E-state index contributed by atoms with van der Waals surface area (Å²) < 4.78 is 38.8. The summed E-state index contributed by atoms with van der Waals surface area (Å²) in [5.74, 6) is -4.27. The molecule has 16 heavy (non-hydrogen) atoms. The molecule has 0 radical (unpaired) electrons. The topological polar surface area (TPSA) is 69.2 Å². The van der Waals surface area contributed by atoms with E-state index < -0.39 is 35.3 Å². The van der Waals surface area contributed by atoms with Crippen molar-refractivity contribution in [3.8, 4) is 0 Å². The molecule has 0 aliphatic heterocycles. The molecule has 2 N–H and O–H groups in total. The lowest BCUT2D eigenvalue weighted by Gasteiger charge is -2.13. The molecule has 0 aromatic heterocycles. The van der Waals surface area contributed by atoms with Crippen molar-refractivity contribution < 1.29 is 18.1 Å². The lowest BCUT2D eigenvalue weighted by molar-refractivity contribution is -0.387. The SMILES string of the molecule is NCC(F)(F)Cc1ccc([N+](=O)[O-])c(F)c1. The Morgan fingerprint density at radius 3 is 2.50 bits per heavy atom. The monoisotopic (exact) mass is 234 g/mol. The van der Waals surface area contributed by atoms with Gasteiger partial charge in [0.1, 0.15) is 0 Å². The Kier molecular flexibility index (Phi) is 3.48. The minimum absolute atomic E-state index is 0.0291. The minimum atomic E-state index is -3.14. The Balaban J connectivity index is 2.94. The lowest BCUT2D eigenvalue weighted by Crippen LogP contribution is -2.30. The number of nitro benzene ring substituents is 1. The maximum atomic E-state index is 13.1. The van der Waals surface area contributed by atoms with E-state index in [0.717, 1.165) is 18.2 Å². The first kappa shape index (κ1) is 12.4. The third-order valence-electron chi connectivity index (χ3n) is 1.97. The second-order valence-corrected chi connectivity index (χ2v) is 3.28. The van der Waals surface area contributed by atoms with Gasteiger partial charge in [0.15, 0.2) is 0 Å². The number of benzene rings is 1. The molecule has 0 amide bonds. The smallest absolute Gasteiger partial charge is 0.304 e. The van der Waals surface area contributed by atoms with E-state index in [4.69, 9.17) is 5.73 Å². The quantitative estimate of drug-likeness (QED) is 0.638. The van der Waals surface area contributed by atoms with Gasteiger partial charge in [0.25, 0.3) is 5.92 Å². The number of nitrogens with zero attached hydrogens (tertiary/aromatic N) is 1. The standard InChI is InChI=1S/C9H9F3N2O2/c10-7-3-6(4-9(11,12)5-13)1-2-8(7)14(15)16/h1-3H,4-5,13H2. The largest absolute Gasteiger partial charge is 0.325 e. The van der Waals surface area contributed by atoms with Gasteiger partial charge < -0.3 is 5.73 Å². The van der Waals surface area contributed by atoms with Crippen molar-refractivity contribution in [2.24, 2.45) is 5.73 Å². The third kappa shape index (κ3) is 2.93. The molecular weight excluding hydrogens is 225 g/mol. The highest BCUT2D eigenvalue weighted by atomic mass is 19.3. The van der Waals surface area contributed by atoms with Gasteiger partial charge in [-0.05, 0) is 11.6 Å². The maximum Gasteiger partial charge on any atom is 0.304 e. The minimum Gasteiger partial charge on any atom is -0.325 e. The zero-order chi connectivity index (χ0) is 12.3. The second-order valence-electron chi connectivity index (χ2n) is 3.28. The molecule has 1 aromatic carbocycles. The van der Waals surface area contributed by atoms with Crippen molar-refractivity contribution in [1.82, 2.24) is 0 Å². The van der Waals surface area contributed by atoms with E-state index in [1.165, 1.54) is 0 Å². The van der Waals surface area contributed by atoms with Crippen LogP contribution >= 0.6 is 0 Å². The van der Waals surface area contributed by atoms with Crippen LogP contribution in [0.3, 0.4) is 0 Å². The Hall–Kier alpha value is -1.63. The average molecular weight is 234 g/mol. The Labute approximate surface area is 89.0 Å². The first-order chi connectivity index (χ1) is 7.35. The first-order valence-electron chi connectivity index (χ1n) is 4.36. The van der Waals surface area contributed by atoms with E-state index in [-0.39, 0.29) is 5.56 Å². The second kappa shape index (κ2) is 4.48. The van der Waals surface area contributed by atoms with Gasteiger partial charge in [-0.15, -0.1) is 0 Å². The summed E-state index contributed by atoms with van der Waals surface area (Å²) in [5, 5.41) is 10.3. The van der Waals surface area contributed by atoms with Gasteiger partial charge in [-0.2, -0.15) is 4.39 Å². The van der Waals surface area contributed by atoms with Crippen molar-refractivity contribution in [2.75, 3.05) is 6.54 Å². The molecule has 0 heterocycles. The van der Waals surface area contributed by atoms with Gasteiger partial charge in [-0.1, -0.05) is 6.07 Å². The van der Waals surface area contributed by atoms with E-state index in [1.807, 2.05) is 0 Å². The number of rotatable bonds is 4. The number of halogens is 3. The van der Waals surface area contributed by atoms with E-state index in [0.29, 0.717) is 0 Å². The van der Waals surface area contributed by atoms with Crippen LogP contribution in [0.4, 0.5) is 18.9 Å². The summed E-state index contributed by atoms with van der Waals surface area (Å²) in [7, 11) is 0. The molecule has 7 heteroatoms. The van der Waals surface area contributed by atoms with Crippen molar-refractivity contribution in [3.63, 3.8) is 0 Å². The summed E-state index contributed by atoms with van der Waals surface area (Å²) in [6.45, 7) is -0.856. The molecule has 0 fully saturated rings. The van der Waals surface area contributed by atoms with Crippen LogP contribution in [0.25, 0.3) is 0 Å². The molecule has 1 rings (SSSR count). The summed E-state index contributed by atoms with van der Waals surface area (Å²) in [6.07, 6.45) is -0.738. The predicted molar refractivity (Wildman–Crippen MR) is 50.8 cm³/mol. The molecule has 0 bridgehead atoms. The van der Waals surface area contributed by atoms with Gasteiger partial charge in [-0.3, -0.25) is 10.1 Å².